The smallest absolute Gasteiger partial charge is 0.275 e. The summed E-state index contributed by atoms with van der Waals surface area (Å²) in [4.78, 5) is 13.7. The monoisotopic (exact) mass is 273 g/mol. The Morgan fingerprint density at radius 2 is 1.95 bits per heavy atom. The Balaban J connectivity index is 1.59. The molecule has 3 heteroatoms. The van der Waals surface area contributed by atoms with Gasteiger partial charge in [-0.15, -0.1) is 0 Å². The molecule has 0 spiro atoms. The number of aryl methyl sites for hydroxylation is 1. The van der Waals surface area contributed by atoms with Crippen molar-refractivity contribution in [2.75, 3.05) is 19.6 Å². The Hall–Kier alpha value is -1.35. The number of fused-ring (bicyclic) bond motifs is 1. The fourth-order valence-electron chi connectivity index (χ4n) is 3.60. The summed E-state index contributed by atoms with van der Waals surface area (Å²) < 4.78 is 0. The van der Waals surface area contributed by atoms with E-state index in [1.807, 2.05) is 0 Å². The minimum Gasteiger partial charge on any atom is -0.344 e. The Kier molecular flexibility index (Phi) is 4.36. The molecule has 1 atom stereocenters. The Morgan fingerprint density at radius 1 is 1.15 bits per heavy atom. The van der Waals surface area contributed by atoms with Crippen molar-refractivity contribution < 1.29 is 9.69 Å². The first-order chi connectivity index (χ1) is 9.83. The van der Waals surface area contributed by atoms with E-state index in [9.17, 15) is 4.79 Å². The fourth-order valence-corrected chi connectivity index (χ4v) is 3.60. The predicted molar refractivity (Wildman–Crippen MR) is 79.7 cm³/mol. The third-order valence-corrected chi connectivity index (χ3v) is 4.68. The SMILES string of the molecule is O=C(C[NH+]1CCCCC1)N[C@H]1CCCc2ccccc21. The number of benzene rings is 1. The molecule has 3 rings (SSSR count). The lowest BCUT2D eigenvalue weighted by Crippen LogP contribution is -3.13. The lowest BCUT2D eigenvalue weighted by molar-refractivity contribution is -0.896. The number of hydrogen-bond donors (Lipinski definition) is 2. The summed E-state index contributed by atoms with van der Waals surface area (Å²) in [6.07, 6.45) is 7.29. The molecule has 2 aliphatic rings. The van der Waals surface area contributed by atoms with Gasteiger partial charge < -0.3 is 10.2 Å². The molecule has 0 unspecified atom stereocenters. The van der Waals surface area contributed by atoms with Gasteiger partial charge in [0.25, 0.3) is 5.91 Å². The number of nitrogens with one attached hydrogen (secondary N) is 2. The van der Waals surface area contributed by atoms with Gasteiger partial charge in [-0.2, -0.15) is 0 Å². The zero-order valence-corrected chi connectivity index (χ0v) is 12.2. The molecule has 1 heterocycles. The molecule has 1 fully saturated rings. The van der Waals surface area contributed by atoms with Crippen LogP contribution >= 0.6 is 0 Å². The number of rotatable bonds is 3. The molecule has 2 N–H and O–H groups in total. The second kappa shape index (κ2) is 6.40. The first-order valence-corrected chi connectivity index (χ1v) is 8.03. The molecule has 0 saturated carbocycles. The molecule has 0 bridgehead atoms. The normalized spacial score (nSPS) is 23.1. The number of amides is 1. The highest BCUT2D eigenvalue weighted by Crippen LogP contribution is 2.29. The predicted octanol–water partition coefficient (Wildman–Crippen LogP) is 1.25. The van der Waals surface area contributed by atoms with E-state index in [1.165, 1.54) is 41.7 Å². The van der Waals surface area contributed by atoms with Crippen LogP contribution < -0.4 is 10.2 Å². The second-order valence-electron chi connectivity index (χ2n) is 6.20. The minimum absolute atomic E-state index is 0.226. The van der Waals surface area contributed by atoms with E-state index in [-0.39, 0.29) is 11.9 Å². The quantitative estimate of drug-likeness (QED) is 0.854. The van der Waals surface area contributed by atoms with Crippen LogP contribution in [0.2, 0.25) is 0 Å². The highest BCUT2D eigenvalue weighted by Gasteiger charge is 2.23. The summed E-state index contributed by atoms with van der Waals surface area (Å²) >= 11 is 0. The van der Waals surface area contributed by atoms with Gasteiger partial charge in [-0.1, -0.05) is 24.3 Å². The van der Waals surface area contributed by atoms with Gasteiger partial charge in [-0.05, 0) is 49.7 Å². The van der Waals surface area contributed by atoms with Gasteiger partial charge in [0.2, 0.25) is 0 Å². The van der Waals surface area contributed by atoms with Crippen molar-refractivity contribution in [3.8, 4) is 0 Å². The number of quaternary nitrogens is 1. The van der Waals surface area contributed by atoms with Crippen molar-refractivity contribution in [2.45, 2.75) is 44.6 Å². The molecule has 1 aromatic carbocycles. The van der Waals surface area contributed by atoms with Crippen LogP contribution in [-0.4, -0.2) is 25.5 Å². The Labute approximate surface area is 121 Å². The third-order valence-electron chi connectivity index (χ3n) is 4.68. The molecule has 0 radical (unpaired) electrons. The molecule has 20 heavy (non-hydrogen) atoms. The van der Waals surface area contributed by atoms with Crippen molar-refractivity contribution >= 4 is 5.91 Å². The largest absolute Gasteiger partial charge is 0.344 e. The van der Waals surface area contributed by atoms with Crippen LogP contribution in [0.15, 0.2) is 24.3 Å². The highest BCUT2D eigenvalue weighted by atomic mass is 16.2. The van der Waals surface area contributed by atoms with E-state index in [1.54, 1.807) is 0 Å². The van der Waals surface area contributed by atoms with Crippen molar-refractivity contribution in [1.29, 1.82) is 0 Å². The van der Waals surface area contributed by atoms with Gasteiger partial charge in [0.05, 0.1) is 19.1 Å². The summed E-state index contributed by atoms with van der Waals surface area (Å²) in [6, 6.07) is 8.79. The molecule has 0 aromatic heterocycles. The summed E-state index contributed by atoms with van der Waals surface area (Å²) in [5.41, 5.74) is 2.75. The van der Waals surface area contributed by atoms with E-state index in [2.05, 4.69) is 29.6 Å². The standard InChI is InChI=1S/C17H24N2O/c20-17(13-19-11-4-1-5-12-19)18-16-10-6-8-14-7-2-3-9-15(14)16/h2-3,7,9,16H,1,4-6,8,10-13H2,(H,18,20)/p+1/t16-/m0/s1. The summed E-state index contributed by atoms with van der Waals surface area (Å²) in [7, 11) is 0. The van der Waals surface area contributed by atoms with Crippen molar-refractivity contribution in [3.63, 3.8) is 0 Å². The van der Waals surface area contributed by atoms with Gasteiger partial charge in [0, 0.05) is 0 Å². The average Bonchev–Trinajstić information content (AvgIpc) is 2.48. The van der Waals surface area contributed by atoms with E-state index >= 15 is 0 Å². The lowest BCUT2D eigenvalue weighted by atomic mass is 9.88. The average molecular weight is 273 g/mol. The van der Waals surface area contributed by atoms with Crippen LogP contribution in [0, 0.1) is 0 Å². The van der Waals surface area contributed by atoms with Crippen LogP contribution in [0.1, 0.15) is 49.3 Å². The Morgan fingerprint density at radius 3 is 2.80 bits per heavy atom. The first kappa shape index (κ1) is 13.6. The summed E-state index contributed by atoms with van der Waals surface area (Å²) in [6.45, 7) is 2.97. The molecule has 1 aromatic rings. The highest BCUT2D eigenvalue weighted by molar-refractivity contribution is 5.77. The molecule has 1 amide bonds. The number of piperidine rings is 1. The van der Waals surface area contributed by atoms with Crippen LogP contribution in [0.3, 0.4) is 0 Å². The van der Waals surface area contributed by atoms with Gasteiger partial charge >= 0.3 is 0 Å². The second-order valence-corrected chi connectivity index (χ2v) is 6.20. The van der Waals surface area contributed by atoms with Gasteiger partial charge in [0.1, 0.15) is 0 Å². The minimum atomic E-state index is 0.226. The summed E-state index contributed by atoms with van der Waals surface area (Å²) in [5.74, 6) is 0.226. The molecular weight excluding hydrogens is 248 g/mol. The van der Waals surface area contributed by atoms with Crippen LogP contribution in [0.25, 0.3) is 0 Å². The van der Waals surface area contributed by atoms with Crippen molar-refractivity contribution in [3.05, 3.63) is 35.4 Å². The number of likely N-dealkylation sites (tertiary alicyclic amines) is 1. The zero-order valence-electron chi connectivity index (χ0n) is 12.2. The maximum absolute atomic E-state index is 12.3. The number of hydrogen-bond acceptors (Lipinski definition) is 1. The first-order valence-electron chi connectivity index (χ1n) is 8.03. The van der Waals surface area contributed by atoms with Crippen LogP contribution in [-0.2, 0) is 11.2 Å². The van der Waals surface area contributed by atoms with Crippen LogP contribution in [0.5, 0.6) is 0 Å². The molecule has 1 saturated heterocycles. The molecule has 108 valence electrons. The van der Waals surface area contributed by atoms with E-state index in [0.717, 1.165) is 25.9 Å². The number of carbonyl (C=O) groups is 1. The van der Waals surface area contributed by atoms with E-state index in [4.69, 9.17) is 0 Å². The maximum Gasteiger partial charge on any atom is 0.275 e. The fraction of sp³-hybridized carbons (Fsp3) is 0.588. The molecule has 1 aliphatic heterocycles. The molecule has 3 nitrogen and oxygen atoms in total. The van der Waals surface area contributed by atoms with E-state index in [0.29, 0.717) is 6.54 Å². The van der Waals surface area contributed by atoms with E-state index < -0.39 is 0 Å². The maximum atomic E-state index is 12.3. The third kappa shape index (κ3) is 3.21. The van der Waals surface area contributed by atoms with Gasteiger partial charge in [-0.3, -0.25) is 4.79 Å². The molecular formula is C17H25N2O+. The zero-order chi connectivity index (χ0) is 13.8. The van der Waals surface area contributed by atoms with Gasteiger partial charge in [-0.25, -0.2) is 0 Å². The topological polar surface area (TPSA) is 33.5 Å². The lowest BCUT2D eigenvalue weighted by Gasteiger charge is -2.28. The van der Waals surface area contributed by atoms with Crippen molar-refractivity contribution in [1.82, 2.24) is 5.32 Å². The number of carbonyl (C=O) groups excluding carboxylic acids is 1. The summed E-state index contributed by atoms with van der Waals surface area (Å²) in [5, 5.41) is 3.26. The molecule has 1 aliphatic carbocycles. The van der Waals surface area contributed by atoms with Gasteiger partial charge in [0.15, 0.2) is 6.54 Å². The van der Waals surface area contributed by atoms with Crippen molar-refractivity contribution in [2.24, 2.45) is 0 Å². The van der Waals surface area contributed by atoms with Crippen LogP contribution in [0.4, 0.5) is 0 Å². The Bertz CT molecular complexity index is 466.